The lowest BCUT2D eigenvalue weighted by Crippen LogP contribution is -2.16. The zero-order valence-corrected chi connectivity index (χ0v) is 14.1. The Morgan fingerprint density at radius 2 is 2.24 bits per heavy atom. The van der Waals surface area contributed by atoms with Crippen LogP contribution in [0.5, 0.6) is 0 Å². The number of hydrogen-bond acceptors (Lipinski definition) is 3. The number of benzene rings is 1. The SMILES string of the molecule is Cc1ccc(C(=O)O)cc1NC1CCCc2sc(Br)cc21. The number of fused-ring (bicyclic) bond motifs is 1. The number of halogens is 1. The van der Waals surface area contributed by atoms with E-state index in [2.05, 4.69) is 27.3 Å². The lowest BCUT2D eigenvalue weighted by atomic mass is 9.93. The maximum absolute atomic E-state index is 11.1. The van der Waals surface area contributed by atoms with Crippen molar-refractivity contribution in [3.05, 3.63) is 49.6 Å². The number of carboxylic acids is 1. The molecule has 2 N–H and O–H groups in total. The third-order valence-electron chi connectivity index (χ3n) is 3.90. The summed E-state index contributed by atoms with van der Waals surface area (Å²) in [4.78, 5) is 12.6. The van der Waals surface area contributed by atoms with Crippen LogP contribution >= 0.6 is 27.3 Å². The van der Waals surface area contributed by atoms with Gasteiger partial charge in [-0.2, -0.15) is 0 Å². The van der Waals surface area contributed by atoms with E-state index in [4.69, 9.17) is 5.11 Å². The molecular weight excluding hydrogens is 350 g/mol. The Bertz CT molecular complexity index is 696. The summed E-state index contributed by atoms with van der Waals surface area (Å²) in [6, 6.07) is 7.69. The second kappa shape index (κ2) is 5.81. The van der Waals surface area contributed by atoms with Gasteiger partial charge < -0.3 is 10.4 Å². The number of anilines is 1. The quantitative estimate of drug-likeness (QED) is 0.803. The lowest BCUT2D eigenvalue weighted by Gasteiger charge is -2.25. The maximum atomic E-state index is 11.1. The van der Waals surface area contributed by atoms with Crippen molar-refractivity contribution in [2.24, 2.45) is 0 Å². The molecule has 3 nitrogen and oxygen atoms in total. The van der Waals surface area contributed by atoms with Gasteiger partial charge in [-0.15, -0.1) is 11.3 Å². The van der Waals surface area contributed by atoms with Gasteiger partial charge in [0.1, 0.15) is 0 Å². The van der Waals surface area contributed by atoms with Crippen molar-refractivity contribution in [3.63, 3.8) is 0 Å². The standard InChI is InChI=1S/C16H16BrNO2S/c1-9-5-6-10(16(19)20)7-13(9)18-12-3-2-4-14-11(12)8-15(17)21-14/h5-8,12,18H,2-4H2,1H3,(H,19,20). The van der Waals surface area contributed by atoms with E-state index < -0.39 is 5.97 Å². The minimum Gasteiger partial charge on any atom is -0.478 e. The first-order valence-corrected chi connectivity index (χ1v) is 8.54. The van der Waals surface area contributed by atoms with Crippen molar-refractivity contribution < 1.29 is 9.90 Å². The van der Waals surface area contributed by atoms with Crippen molar-refractivity contribution in [2.75, 3.05) is 5.32 Å². The predicted molar refractivity (Wildman–Crippen MR) is 89.5 cm³/mol. The molecule has 0 aliphatic heterocycles. The molecule has 3 rings (SSSR count). The number of hydrogen-bond donors (Lipinski definition) is 2. The first kappa shape index (κ1) is 14.6. The normalized spacial score (nSPS) is 17.3. The molecule has 1 heterocycles. The topological polar surface area (TPSA) is 49.3 Å². The third-order valence-corrected chi connectivity index (χ3v) is 5.61. The van der Waals surface area contributed by atoms with E-state index in [0.29, 0.717) is 5.56 Å². The minimum absolute atomic E-state index is 0.263. The van der Waals surface area contributed by atoms with Gasteiger partial charge in [-0.3, -0.25) is 0 Å². The van der Waals surface area contributed by atoms with Crippen LogP contribution in [0.1, 0.15) is 45.2 Å². The van der Waals surface area contributed by atoms with Crippen molar-refractivity contribution in [1.29, 1.82) is 0 Å². The smallest absolute Gasteiger partial charge is 0.335 e. The van der Waals surface area contributed by atoms with Gasteiger partial charge in [-0.05, 0) is 71.4 Å². The van der Waals surface area contributed by atoms with Gasteiger partial charge in [-0.25, -0.2) is 4.79 Å². The molecule has 21 heavy (non-hydrogen) atoms. The molecule has 5 heteroatoms. The summed E-state index contributed by atoms with van der Waals surface area (Å²) < 4.78 is 1.16. The Morgan fingerprint density at radius 1 is 1.43 bits per heavy atom. The number of carboxylic acid groups (broad SMARTS) is 1. The van der Waals surface area contributed by atoms with Crippen LogP contribution in [0.2, 0.25) is 0 Å². The highest BCUT2D eigenvalue weighted by molar-refractivity contribution is 9.11. The molecule has 0 spiro atoms. The molecule has 1 aromatic heterocycles. The van der Waals surface area contributed by atoms with E-state index in [1.54, 1.807) is 23.5 Å². The second-order valence-electron chi connectivity index (χ2n) is 5.35. The van der Waals surface area contributed by atoms with Gasteiger partial charge in [0.25, 0.3) is 0 Å². The zero-order valence-electron chi connectivity index (χ0n) is 11.6. The summed E-state index contributed by atoms with van der Waals surface area (Å²) >= 11 is 5.36. The maximum Gasteiger partial charge on any atom is 0.335 e. The van der Waals surface area contributed by atoms with Crippen LogP contribution in [0.4, 0.5) is 5.69 Å². The van der Waals surface area contributed by atoms with Crippen LogP contribution < -0.4 is 5.32 Å². The first-order valence-electron chi connectivity index (χ1n) is 6.93. The molecule has 1 atom stereocenters. The molecule has 0 saturated carbocycles. The molecule has 0 fully saturated rings. The number of rotatable bonds is 3. The summed E-state index contributed by atoms with van der Waals surface area (Å²) in [5.74, 6) is -0.888. The van der Waals surface area contributed by atoms with Gasteiger partial charge in [-0.1, -0.05) is 6.07 Å². The number of thiophene rings is 1. The van der Waals surface area contributed by atoms with Gasteiger partial charge in [0.05, 0.1) is 15.4 Å². The largest absolute Gasteiger partial charge is 0.478 e. The van der Waals surface area contributed by atoms with E-state index in [9.17, 15) is 4.79 Å². The molecule has 1 aliphatic rings. The highest BCUT2D eigenvalue weighted by Gasteiger charge is 2.23. The average molecular weight is 366 g/mol. The summed E-state index contributed by atoms with van der Waals surface area (Å²) in [5, 5.41) is 12.7. The molecule has 0 bridgehead atoms. The van der Waals surface area contributed by atoms with Gasteiger partial charge >= 0.3 is 5.97 Å². The number of aryl methyl sites for hydroxylation is 2. The van der Waals surface area contributed by atoms with Crippen molar-refractivity contribution >= 4 is 38.9 Å². The number of aromatic carboxylic acids is 1. The summed E-state index contributed by atoms with van der Waals surface area (Å²) in [6.07, 6.45) is 3.38. The van der Waals surface area contributed by atoms with Crippen molar-refractivity contribution in [2.45, 2.75) is 32.2 Å². The van der Waals surface area contributed by atoms with Crippen LogP contribution in [0.25, 0.3) is 0 Å². The van der Waals surface area contributed by atoms with Crippen LogP contribution in [0.3, 0.4) is 0 Å². The Labute approximate surface area is 136 Å². The molecule has 1 unspecified atom stereocenters. The molecule has 0 amide bonds. The number of carbonyl (C=O) groups is 1. The minimum atomic E-state index is -0.888. The first-order chi connectivity index (χ1) is 10.0. The van der Waals surface area contributed by atoms with E-state index >= 15 is 0 Å². The highest BCUT2D eigenvalue weighted by atomic mass is 79.9. The monoisotopic (exact) mass is 365 g/mol. The van der Waals surface area contributed by atoms with E-state index in [0.717, 1.165) is 34.3 Å². The molecule has 2 aromatic rings. The van der Waals surface area contributed by atoms with Gasteiger partial charge in [0.15, 0.2) is 0 Å². The fourth-order valence-corrected chi connectivity index (χ4v) is 4.59. The predicted octanol–water partition coefficient (Wildman–Crippen LogP) is 5.01. The van der Waals surface area contributed by atoms with Crippen LogP contribution in [0.15, 0.2) is 28.1 Å². The van der Waals surface area contributed by atoms with E-state index in [-0.39, 0.29) is 6.04 Å². The Kier molecular flexibility index (Phi) is 4.04. The zero-order chi connectivity index (χ0) is 15.0. The number of nitrogens with one attached hydrogen (secondary N) is 1. The van der Waals surface area contributed by atoms with Crippen LogP contribution in [0, 0.1) is 6.92 Å². The lowest BCUT2D eigenvalue weighted by molar-refractivity contribution is 0.0697. The van der Waals surface area contributed by atoms with Crippen molar-refractivity contribution in [3.8, 4) is 0 Å². The summed E-state index contributed by atoms with van der Waals surface area (Å²) in [5.41, 5.74) is 3.65. The molecule has 1 aliphatic carbocycles. The molecule has 0 saturated heterocycles. The fraction of sp³-hybridized carbons (Fsp3) is 0.312. The van der Waals surface area contributed by atoms with Gasteiger partial charge in [0, 0.05) is 10.6 Å². The van der Waals surface area contributed by atoms with E-state index in [1.807, 2.05) is 13.0 Å². The molecule has 1 aromatic carbocycles. The third kappa shape index (κ3) is 2.99. The Morgan fingerprint density at radius 3 is 3.00 bits per heavy atom. The molecule has 110 valence electrons. The fourth-order valence-electron chi connectivity index (χ4n) is 2.77. The second-order valence-corrected chi connectivity index (χ2v) is 7.87. The highest BCUT2D eigenvalue weighted by Crippen LogP contribution is 2.39. The molecular formula is C16H16BrNO2S. The Hall–Kier alpha value is -1.33. The average Bonchev–Trinajstić information content (AvgIpc) is 2.82. The van der Waals surface area contributed by atoms with E-state index in [1.165, 1.54) is 10.4 Å². The Balaban J connectivity index is 1.91. The summed E-state index contributed by atoms with van der Waals surface area (Å²) in [7, 11) is 0. The van der Waals surface area contributed by atoms with Crippen LogP contribution in [-0.2, 0) is 6.42 Å². The van der Waals surface area contributed by atoms with Crippen LogP contribution in [-0.4, -0.2) is 11.1 Å². The summed E-state index contributed by atoms with van der Waals surface area (Å²) in [6.45, 7) is 2.00. The molecule has 0 radical (unpaired) electrons. The van der Waals surface area contributed by atoms with Gasteiger partial charge in [0.2, 0.25) is 0 Å². The van der Waals surface area contributed by atoms with Crippen molar-refractivity contribution in [1.82, 2.24) is 0 Å².